The van der Waals surface area contributed by atoms with E-state index in [4.69, 9.17) is 16.6 Å². The van der Waals surface area contributed by atoms with Crippen LogP contribution in [0.15, 0.2) is 53.4 Å². The molecule has 4 nitrogen and oxygen atoms in total. The van der Waals surface area contributed by atoms with Gasteiger partial charge in [-0.05, 0) is 30.3 Å². The SMILES string of the molecule is N#Cc1c(-c2ccco2)cc(-c2cccnc2)[nH]c1=S. The number of nitriles is 1. The molecule has 3 heterocycles. The number of hydrogen-bond donors (Lipinski definition) is 1. The average Bonchev–Trinajstić information content (AvgIpc) is 3.01. The van der Waals surface area contributed by atoms with E-state index in [1.807, 2.05) is 18.2 Å². The molecule has 0 aliphatic heterocycles. The fourth-order valence-electron chi connectivity index (χ4n) is 1.97. The lowest BCUT2D eigenvalue weighted by molar-refractivity contribution is 0.582. The van der Waals surface area contributed by atoms with Gasteiger partial charge >= 0.3 is 0 Å². The predicted molar refractivity (Wildman–Crippen MR) is 77.3 cm³/mol. The number of nitrogens with one attached hydrogen (secondary N) is 1. The number of aromatic nitrogens is 2. The van der Waals surface area contributed by atoms with Crippen LogP contribution in [0.2, 0.25) is 0 Å². The first kappa shape index (κ1) is 12.3. The van der Waals surface area contributed by atoms with E-state index in [9.17, 15) is 5.26 Å². The number of pyridine rings is 2. The zero-order valence-electron chi connectivity index (χ0n) is 10.3. The largest absolute Gasteiger partial charge is 0.464 e. The van der Waals surface area contributed by atoms with Gasteiger partial charge in [-0.1, -0.05) is 12.2 Å². The Morgan fingerprint density at radius 3 is 2.85 bits per heavy atom. The molecule has 0 fully saturated rings. The molecular formula is C15H9N3OS. The lowest BCUT2D eigenvalue weighted by atomic mass is 10.1. The molecule has 0 radical (unpaired) electrons. The first-order valence-corrected chi connectivity index (χ1v) is 6.32. The van der Waals surface area contributed by atoms with Crippen molar-refractivity contribution in [2.75, 3.05) is 0 Å². The summed E-state index contributed by atoms with van der Waals surface area (Å²) in [6, 6.07) is 11.3. The van der Waals surface area contributed by atoms with E-state index in [-0.39, 0.29) is 0 Å². The molecule has 0 spiro atoms. The van der Waals surface area contributed by atoms with Gasteiger partial charge in [0.05, 0.1) is 11.8 Å². The van der Waals surface area contributed by atoms with E-state index in [1.165, 1.54) is 0 Å². The molecule has 0 atom stereocenters. The minimum atomic E-state index is 0.389. The van der Waals surface area contributed by atoms with Gasteiger partial charge in [0, 0.05) is 29.2 Å². The molecule has 0 unspecified atom stereocenters. The first-order chi connectivity index (χ1) is 9.79. The second kappa shape index (κ2) is 5.11. The van der Waals surface area contributed by atoms with Crippen LogP contribution in [0.3, 0.4) is 0 Å². The van der Waals surface area contributed by atoms with Crippen LogP contribution in [-0.4, -0.2) is 9.97 Å². The normalized spacial score (nSPS) is 10.2. The molecule has 20 heavy (non-hydrogen) atoms. The molecule has 0 bridgehead atoms. The highest BCUT2D eigenvalue weighted by Crippen LogP contribution is 2.28. The number of aromatic amines is 1. The standard InChI is InChI=1S/C15H9N3OS/c16-8-12-11(14-4-2-6-19-14)7-13(18-15(12)20)10-3-1-5-17-9-10/h1-7,9H,(H,18,20). The monoisotopic (exact) mass is 279 g/mol. The highest BCUT2D eigenvalue weighted by atomic mass is 32.1. The number of H-pyrrole nitrogens is 1. The van der Waals surface area contributed by atoms with Crippen LogP contribution >= 0.6 is 12.2 Å². The molecule has 0 amide bonds. The summed E-state index contributed by atoms with van der Waals surface area (Å²) in [7, 11) is 0. The van der Waals surface area contributed by atoms with E-state index in [0.717, 1.165) is 11.3 Å². The minimum absolute atomic E-state index is 0.389. The molecule has 3 rings (SSSR count). The van der Waals surface area contributed by atoms with Gasteiger partial charge < -0.3 is 9.40 Å². The zero-order chi connectivity index (χ0) is 13.9. The molecule has 3 aromatic rings. The molecule has 0 saturated heterocycles. The molecular weight excluding hydrogens is 270 g/mol. The molecule has 0 aliphatic rings. The van der Waals surface area contributed by atoms with Crippen molar-refractivity contribution < 1.29 is 4.42 Å². The van der Waals surface area contributed by atoms with Crippen LogP contribution in [0.25, 0.3) is 22.6 Å². The summed E-state index contributed by atoms with van der Waals surface area (Å²) in [5.41, 5.74) is 2.78. The third-order valence-electron chi connectivity index (χ3n) is 2.90. The Kier molecular flexibility index (Phi) is 3.15. The van der Waals surface area contributed by atoms with Crippen molar-refractivity contribution in [3.63, 3.8) is 0 Å². The van der Waals surface area contributed by atoms with Gasteiger partial charge in [-0.25, -0.2) is 0 Å². The molecule has 1 N–H and O–H groups in total. The van der Waals surface area contributed by atoms with E-state index < -0.39 is 0 Å². The summed E-state index contributed by atoms with van der Waals surface area (Å²) in [5.74, 6) is 0.617. The van der Waals surface area contributed by atoms with Crippen molar-refractivity contribution in [3.05, 3.63) is 59.2 Å². The molecule has 0 saturated carbocycles. The number of hydrogen-bond acceptors (Lipinski definition) is 4. The van der Waals surface area contributed by atoms with Crippen molar-refractivity contribution in [3.8, 4) is 28.7 Å². The van der Waals surface area contributed by atoms with Crippen molar-refractivity contribution in [2.45, 2.75) is 0 Å². The smallest absolute Gasteiger partial charge is 0.135 e. The van der Waals surface area contributed by atoms with Crippen molar-refractivity contribution in [1.82, 2.24) is 9.97 Å². The Balaban J connectivity index is 2.27. The Hall–Kier alpha value is -2.71. The van der Waals surface area contributed by atoms with E-state index in [1.54, 1.807) is 30.8 Å². The highest BCUT2D eigenvalue weighted by Gasteiger charge is 2.12. The Bertz CT molecular complexity index is 830. The second-order valence-electron chi connectivity index (χ2n) is 4.13. The maximum absolute atomic E-state index is 9.27. The van der Waals surface area contributed by atoms with Crippen LogP contribution in [0.1, 0.15) is 5.56 Å². The van der Waals surface area contributed by atoms with Gasteiger partial charge in [-0.3, -0.25) is 4.98 Å². The van der Waals surface area contributed by atoms with Gasteiger partial charge in [0.1, 0.15) is 16.5 Å². The van der Waals surface area contributed by atoms with Gasteiger partial charge in [0.2, 0.25) is 0 Å². The topological polar surface area (TPSA) is 65.6 Å². The third kappa shape index (κ3) is 2.13. The van der Waals surface area contributed by atoms with E-state index in [0.29, 0.717) is 21.5 Å². The molecule has 3 aromatic heterocycles. The van der Waals surface area contributed by atoms with Crippen molar-refractivity contribution in [1.29, 1.82) is 5.26 Å². The van der Waals surface area contributed by atoms with Crippen molar-refractivity contribution >= 4 is 12.2 Å². The summed E-state index contributed by atoms with van der Waals surface area (Å²) < 4.78 is 5.77. The van der Waals surface area contributed by atoms with Gasteiger partial charge in [-0.15, -0.1) is 0 Å². The fourth-order valence-corrected chi connectivity index (χ4v) is 2.24. The second-order valence-corrected chi connectivity index (χ2v) is 4.54. The predicted octanol–water partition coefficient (Wildman–Crippen LogP) is 3.94. The fraction of sp³-hybridized carbons (Fsp3) is 0. The summed E-state index contributed by atoms with van der Waals surface area (Å²) in [4.78, 5) is 7.14. The molecule has 96 valence electrons. The molecule has 0 aromatic carbocycles. The maximum Gasteiger partial charge on any atom is 0.135 e. The lowest BCUT2D eigenvalue weighted by Gasteiger charge is -2.06. The van der Waals surface area contributed by atoms with Crippen LogP contribution in [0.4, 0.5) is 0 Å². The zero-order valence-corrected chi connectivity index (χ0v) is 11.1. The van der Waals surface area contributed by atoms with Crippen molar-refractivity contribution in [2.24, 2.45) is 0 Å². The Labute approximate surface area is 120 Å². The quantitative estimate of drug-likeness (QED) is 0.722. The summed E-state index contributed by atoms with van der Waals surface area (Å²) in [6.07, 6.45) is 5.01. The summed E-state index contributed by atoms with van der Waals surface area (Å²) in [6.45, 7) is 0. The van der Waals surface area contributed by atoms with Gasteiger partial charge in [0.15, 0.2) is 0 Å². The van der Waals surface area contributed by atoms with E-state index in [2.05, 4.69) is 16.0 Å². The molecule has 0 aliphatic carbocycles. The van der Waals surface area contributed by atoms with Gasteiger partial charge in [0.25, 0.3) is 0 Å². The first-order valence-electron chi connectivity index (χ1n) is 5.91. The minimum Gasteiger partial charge on any atom is -0.464 e. The van der Waals surface area contributed by atoms with Crippen LogP contribution in [-0.2, 0) is 0 Å². The summed E-state index contributed by atoms with van der Waals surface area (Å²) in [5, 5.41) is 9.27. The van der Waals surface area contributed by atoms with E-state index >= 15 is 0 Å². The van der Waals surface area contributed by atoms with Crippen LogP contribution in [0.5, 0.6) is 0 Å². The van der Waals surface area contributed by atoms with Crippen LogP contribution < -0.4 is 0 Å². The Morgan fingerprint density at radius 2 is 2.20 bits per heavy atom. The average molecular weight is 279 g/mol. The number of furan rings is 1. The molecule has 5 heteroatoms. The van der Waals surface area contributed by atoms with Gasteiger partial charge in [-0.2, -0.15) is 5.26 Å². The Morgan fingerprint density at radius 1 is 1.30 bits per heavy atom. The summed E-state index contributed by atoms with van der Waals surface area (Å²) >= 11 is 5.26. The lowest BCUT2D eigenvalue weighted by Crippen LogP contribution is -1.92. The van der Waals surface area contributed by atoms with Crippen LogP contribution in [0, 0.1) is 16.0 Å². The number of rotatable bonds is 2. The number of nitrogens with zero attached hydrogens (tertiary/aromatic N) is 2. The highest BCUT2D eigenvalue weighted by molar-refractivity contribution is 7.71. The maximum atomic E-state index is 9.27. The third-order valence-corrected chi connectivity index (χ3v) is 3.21.